The van der Waals surface area contributed by atoms with E-state index in [0.717, 1.165) is 48.7 Å². The van der Waals surface area contributed by atoms with Crippen LogP contribution in [0.15, 0.2) is 60.9 Å². The van der Waals surface area contributed by atoms with Crippen molar-refractivity contribution >= 4 is 0 Å². The Hall–Kier alpha value is -4.54. The normalized spacial score (nSPS) is 17.9. The van der Waals surface area contributed by atoms with Crippen LogP contribution >= 0.6 is 0 Å². The molecule has 46 heavy (non-hydrogen) atoms. The lowest BCUT2D eigenvalue weighted by molar-refractivity contribution is 0.0567. The Bertz CT molecular complexity index is 1620. The third-order valence-electron chi connectivity index (χ3n) is 9.05. The molecule has 6 rings (SSSR count). The average Bonchev–Trinajstić information content (AvgIpc) is 3.32. The average molecular weight is 627 g/mol. The molecule has 242 valence electrons. The van der Waals surface area contributed by atoms with Crippen LogP contribution in [0.5, 0.6) is 34.5 Å². The lowest BCUT2D eigenvalue weighted by atomic mass is 10.1. The van der Waals surface area contributed by atoms with Gasteiger partial charge in [-0.25, -0.2) is 0 Å². The van der Waals surface area contributed by atoms with Crippen LogP contribution in [-0.4, -0.2) is 87.6 Å². The monoisotopic (exact) mass is 626 g/mol. The molecule has 10 heteroatoms. The largest absolute Gasteiger partial charge is 0.493 e. The Morgan fingerprint density at radius 1 is 0.565 bits per heavy atom. The first-order chi connectivity index (χ1) is 22.5. The Morgan fingerprint density at radius 3 is 1.37 bits per heavy atom. The van der Waals surface area contributed by atoms with E-state index in [1.807, 2.05) is 36.7 Å². The first-order valence-corrected chi connectivity index (χ1v) is 15.5. The number of methoxy groups -OCH3 is 6. The summed E-state index contributed by atoms with van der Waals surface area (Å²) >= 11 is 0. The van der Waals surface area contributed by atoms with Crippen LogP contribution in [0, 0.1) is 0 Å². The summed E-state index contributed by atoms with van der Waals surface area (Å²) < 4.78 is 33.3. The van der Waals surface area contributed by atoms with Gasteiger partial charge in [0.1, 0.15) is 0 Å². The van der Waals surface area contributed by atoms with E-state index in [1.165, 1.54) is 24.0 Å². The zero-order valence-electron chi connectivity index (χ0n) is 27.4. The number of likely N-dealkylation sites (tertiary alicyclic amines) is 1. The highest BCUT2D eigenvalue weighted by molar-refractivity contribution is 5.70. The molecule has 4 aromatic rings. The van der Waals surface area contributed by atoms with E-state index in [9.17, 15) is 0 Å². The second-order valence-electron chi connectivity index (χ2n) is 11.7. The summed E-state index contributed by atoms with van der Waals surface area (Å²) in [5.41, 5.74) is 6.07. The molecule has 0 radical (unpaired) electrons. The van der Waals surface area contributed by atoms with Crippen LogP contribution < -0.4 is 28.4 Å². The summed E-state index contributed by atoms with van der Waals surface area (Å²) in [5.74, 6) is 3.60. The van der Waals surface area contributed by atoms with Crippen molar-refractivity contribution in [2.24, 2.45) is 0 Å². The van der Waals surface area contributed by atoms with Gasteiger partial charge in [0.05, 0.1) is 54.0 Å². The summed E-state index contributed by atoms with van der Waals surface area (Å²) in [6.07, 6.45) is 6.19. The van der Waals surface area contributed by atoms with Gasteiger partial charge in [0.2, 0.25) is 11.5 Å². The molecular formula is C36H42N4O6. The number of pyridine rings is 2. The topological polar surface area (TPSA) is 87.6 Å². The highest BCUT2D eigenvalue weighted by Crippen LogP contribution is 2.42. The molecule has 2 atom stereocenters. The van der Waals surface area contributed by atoms with Crippen molar-refractivity contribution in [3.63, 3.8) is 0 Å². The number of fused-ring (bicyclic) bond motifs is 2. The van der Waals surface area contributed by atoms with Gasteiger partial charge in [-0.2, -0.15) is 0 Å². The van der Waals surface area contributed by atoms with Crippen molar-refractivity contribution in [2.75, 3.05) is 55.7 Å². The van der Waals surface area contributed by atoms with Crippen molar-refractivity contribution < 1.29 is 28.4 Å². The third-order valence-corrected chi connectivity index (χ3v) is 9.05. The SMILES string of the molecule is COc1cc(-c2cc(CN3CC4CCC(C3)N4Cc3ccnc(-c4cc(OC)c(OC)c(OC)c4)c3)ccn2)cc(OC)c1OC. The third kappa shape index (κ3) is 6.27. The quantitative estimate of drug-likeness (QED) is 0.195. The predicted molar refractivity (Wildman–Crippen MR) is 176 cm³/mol. The summed E-state index contributed by atoms with van der Waals surface area (Å²) in [6, 6.07) is 17.4. The molecule has 2 fully saturated rings. The Balaban J connectivity index is 1.15. The number of hydrogen-bond acceptors (Lipinski definition) is 10. The molecule has 2 aliphatic heterocycles. The number of ether oxygens (including phenoxy) is 6. The second kappa shape index (κ2) is 13.8. The molecule has 2 aromatic carbocycles. The molecule has 2 aliphatic rings. The summed E-state index contributed by atoms with van der Waals surface area (Å²) in [6.45, 7) is 3.83. The Labute approximate surface area is 270 Å². The van der Waals surface area contributed by atoms with E-state index >= 15 is 0 Å². The van der Waals surface area contributed by atoms with Crippen LogP contribution in [0.1, 0.15) is 24.0 Å². The van der Waals surface area contributed by atoms with Gasteiger partial charge in [-0.05, 0) is 72.5 Å². The lowest BCUT2D eigenvalue weighted by Crippen LogP contribution is -2.52. The maximum atomic E-state index is 5.57. The smallest absolute Gasteiger partial charge is 0.203 e. The zero-order valence-corrected chi connectivity index (χ0v) is 27.4. The molecule has 0 N–H and O–H groups in total. The van der Waals surface area contributed by atoms with Gasteiger partial charge in [0.25, 0.3) is 0 Å². The van der Waals surface area contributed by atoms with Crippen LogP contribution in [-0.2, 0) is 13.1 Å². The van der Waals surface area contributed by atoms with Crippen LogP contribution in [0.3, 0.4) is 0 Å². The number of nitrogens with zero attached hydrogens (tertiary/aromatic N) is 4. The number of hydrogen-bond donors (Lipinski definition) is 0. The minimum atomic E-state index is 0.507. The number of benzene rings is 2. The fourth-order valence-corrected chi connectivity index (χ4v) is 6.85. The zero-order chi connectivity index (χ0) is 32.2. The molecule has 2 aromatic heterocycles. The Kier molecular flexibility index (Phi) is 9.46. The molecule has 2 saturated heterocycles. The van der Waals surface area contributed by atoms with Crippen molar-refractivity contribution in [1.29, 1.82) is 0 Å². The summed E-state index contributed by atoms with van der Waals surface area (Å²) in [5, 5.41) is 0. The molecule has 10 nitrogen and oxygen atoms in total. The first-order valence-electron chi connectivity index (χ1n) is 15.5. The molecule has 4 heterocycles. The van der Waals surface area contributed by atoms with Gasteiger partial charge >= 0.3 is 0 Å². The highest BCUT2D eigenvalue weighted by Gasteiger charge is 2.39. The van der Waals surface area contributed by atoms with E-state index in [2.05, 4.69) is 44.0 Å². The van der Waals surface area contributed by atoms with Crippen LogP contribution in [0.4, 0.5) is 0 Å². The molecule has 0 amide bonds. The van der Waals surface area contributed by atoms with Gasteiger partial charge in [-0.3, -0.25) is 19.8 Å². The van der Waals surface area contributed by atoms with Gasteiger partial charge in [-0.1, -0.05) is 0 Å². The van der Waals surface area contributed by atoms with Crippen LogP contribution in [0.2, 0.25) is 0 Å². The molecule has 0 aliphatic carbocycles. The van der Waals surface area contributed by atoms with E-state index in [0.29, 0.717) is 46.6 Å². The number of rotatable bonds is 12. The van der Waals surface area contributed by atoms with Gasteiger partial charge in [0, 0.05) is 61.8 Å². The number of piperazine rings is 1. The fraction of sp³-hybridized carbons (Fsp3) is 0.389. The summed E-state index contributed by atoms with van der Waals surface area (Å²) in [4.78, 5) is 14.6. The number of aromatic nitrogens is 2. The van der Waals surface area contributed by atoms with Gasteiger partial charge in [-0.15, -0.1) is 0 Å². The van der Waals surface area contributed by atoms with Crippen LogP contribution in [0.25, 0.3) is 22.5 Å². The van der Waals surface area contributed by atoms with Crippen molar-refractivity contribution in [2.45, 2.75) is 38.0 Å². The molecule has 2 unspecified atom stereocenters. The minimum Gasteiger partial charge on any atom is -0.493 e. The minimum absolute atomic E-state index is 0.507. The summed E-state index contributed by atoms with van der Waals surface area (Å²) in [7, 11) is 9.73. The van der Waals surface area contributed by atoms with Crippen molar-refractivity contribution in [3.8, 4) is 57.0 Å². The van der Waals surface area contributed by atoms with E-state index in [4.69, 9.17) is 28.4 Å². The highest BCUT2D eigenvalue weighted by atomic mass is 16.5. The van der Waals surface area contributed by atoms with Gasteiger partial charge < -0.3 is 28.4 Å². The first kappa shape index (κ1) is 31.4. The van der Waals surface area contributed by atoms with E-state index in [1.54, 1.807) is 42.7 Å². The standard InChI is InChI=1S/C36H42N4O6/c1-41-31-15-25(16-32(42-2)35(31)45-5)29-13-23(9-11-37-29)19-39-21-27-7-8-28(22-39)40(27)20-24-10-12-38-30(14-24)26-17-33(43-3)36(46-6)34(18-26)44-4/h9-18,27-28H,7-8,19-22H2,1-6H3. The fourth-order valence-electron chi connectivity index (χ4n) is 6.85. The Morgan fingerprint density at radius 2 is 0.978 bits per heavy atom. The molecule has 0 saturated carbocycles. The molecular weight excluding hydrogens is 584 g/mol. The van der Waals surface area contributed by atoms with Gasteiger partial charge in [0.15, 0.2) is 23.0 Å². The maximum Gasteiger partial charge on any atom is 0.203 e. The van der Waals surface area contributed by atoms with Crippen molar-refractivity contribution in [3.05, 3.63) is 72.1 Å². The van der Waals surface area contributed by atoms with Crippen molar-refractivity contribution in [1.82, 2.24) is 19.8 Å². The van der Waals surface area contributed by atoms with E-state index < -0.39 is 0 Å². The molecule has 2 bridgehead atoms. The lowest BCUT2D eigenvalue weighted by Gasteiger charge is -2.41. The second-order valence-corrected chi connectivity index (χ2v) is 11.7. The van der Waals surface area contributed by atoms with E-state index in [-0.39, 0.29) is 0 Å². The predicted octanol–water partition coefficient (Wildman–Crippen LogP) is 5.71. The molecule has 0 spiro atoms. The maximum absolute atomic E-state index is 5.57.